The van der Waals surface area contributed by atoms with Gasteiger partial charge in [0.15, 0.2) is 0 Å². The SMILES string of the molecule is O=C1C2CCC(C2)N1CCc1ccccc1. The van der Waals surface area contributed by atoms with E-state index in [0.717, 1.165) is 25.8 Å². The van der Waals surface area contributed by atoms with Crippen molar-refractivity contribution in [2.75, 3.05) is 6.54 Å². The number of piperidine rings is 1. The fraction of sp³-hybridized carbons (Fsp3) is 0.500. The summed E-state index contributed by atoms with van der Waals surface area (Å²) in [7, 11) is 0. The molecule has 2 heteroatoms. The summed E-state index contributed by atoms with van der Waals surface area (Å²) in [6.45, 7) is 0.907. The maximum atomic E-state index is 11.9. The quantitative estimate of drug-likeness (QED) is 0.757. The van der Waals surface area contributed by atoms with Crippen molar-refractivity contribution < 1.29 is 4.79 Å². The van der Waals surface area contributed by atoms with Gasteiger partial charge < -0.3 is 4.90 Å². The fourth-order valence-electron chi connectivity index (χ4n) is 3.07. The summed E-state index contributed by atoms with van der Waals surface area (Å²) in [6, 6.07) is 11.0. The van der Waals surface area contributed by atoms with Gasteiger partial charge in [-0.25, -0.2) is 0 Å². The van der Waals surface area contributed by atoms with Crippen LogP contribution < -0.4 is 0 Å². The van der Waals surface area contributed by atoms with Crippen LogP contribution in [0, 0.1) is 5.92 Å². The van der Waals surface area contributed by atoms with Gasteiger partial charge in [-0.3, -0.25) is 4.79 Å². The van der Waals surface area contributed by atoms with Gasteiger partial charge in [-0.1, -0.05) is 30.3 Å². The Morgan fingerprint density at radius 1 is 1.19 bits per heavy atom. The number of carbonyl (C=O) groups excluding carboxylic acids is 1. The van der Waals surface area contributed by atoms with E-state index in [2.05, 4.69) is 29.2 Å². The Morgan fingerprint density at radius 2 is 2.00 bits per heavy atom. The van der Waals surface area contributed by atoms with E-state index >= 15 is 0 Å². The average Bonchev–Trinajstić information content (AvgIpc) is 2.89. The van der Waals surface area contributed by atoms with Crippen molar-refractivity contribution in [1.82, 2.24) is 4.90 Å². The molecule has 0 N–H and O–H groups in total. The van der Waals surface area contributed by atoms with Crippen molar-refractivity contribution in [2.45, 2.75) is 31.7 Å². The molecule has 0 aromatic heterocycles. The molecule has 2 bridgehead atoms. The zero-order valence-electron chi connectivity index (χ0n) is 9.43. The molecule has 1 saturated heterocycles. The van der Waals surface area contributed by atoms with Gasteiger partial charge >= 0.3 is 0 Å². The normalized spacial score (nSPS) is 27.8. The lowest BCUT2D eigenvalue weighted by atomic mass is 10.1. The molecule has 1 heterocycles. The molecule has 84 valence electrons. The summed E-state index contributed by atoms with van der Waals surface area (Å²) in [5.41, 5.74) is 1.33. The van der Waals surface area contributed by atoms with Gasteiger partial charge in [0.2, 0.25) is 5.91 Å². The van der Waals surface area contributed by atoms with Crippen LogP contribution >= 0.6 is 0 Å². The minimum atomic E-state index is 0.362. The summed E-state index contributed by atoms with van der Waals surface area (Å²) >= 11 is 0. The molecule has 16 heavy (non-hydrogen) atoms. The van der Waals surface area contributed by atoms with Crippen LogP contribution in [0.25, 0.3) is 0 Å². The summed E-state index contributed by atoms with van der Waals surface area (Å²) in [6.07, 6.45) is 4.47. The Balaban J connectivity index is 1.62. The number of nitrogens with zero attached hydrogens (tertiary/aromatic N) is 1. The van der Waals surface area contributed by atoms with E-state index in [1.807, 2.05) is 6.07 Å². The average molecular weight is 215 g/mol. The molecule has 1 saturated carbocycles. The first-order valence-electron chi connectivity index (χ1n) is 6.19. The fourth-order valence-corrected chi connectivity index (χ4v) is 3.07. The standard InChI is InChI=1S/C14H17NO/c16-14-12-6-7-13(10-12)15(14)9-8-11-4-2-1-3-5-11/h1-5,12-13H,6-10H2. The summed E-state index contributed by atoms with van der Waals surface area (Å²) < 4.78 is 0. The molecule has 3 rings (SSSR count). The zero-order chi connectivity index (χ0) is 11.0. The first kappa shape index (κ1) is 9.88. The second-order valence-corrected chi connectivity index (χ2v) is 4.93. The maximum Gasteiger partial charge on any atom is 0.226 e. The predicted molar refractivity (Wildman–Crippen MR) is 63.0 cm³/mol. The van der Waals surface area contributed by atoms with Crippen LogP contribution in [0.5, 0.6) is 0 Å². The highest BCUT2D eigenvalue weighted by atomic mass is 16.2. The third kappa shape index (κ3) is 1.62. The summed E-state index contributed by atoms with van der Waals surface area (Å²) in [5.74, 6) is 0.771. The van der Waals surface area contributed by atoms with Crippen LogP contribution in [0.3, 0.4) is 0 Å². The van der Waals surface area contributed by atoms with Crippen molar-refractivity contribution >= 4 is 5.91 Å². The van der Waals surface area contributed by atoms with E-state index in [0.29, 0.717) is 17.9 Å². The number of hydrogen-bond acceptors (Lipinski definition) is 1. The van der Waals surface area contributed by atoms with Gasteiger partial charge in [0, 0.05) is 18.5 Å². The van der Waals surface area contributed by atoms with E-state index in [4.69, 9.17) is 0 Å². The number of benzene rings is 1. The largest absolute Gasteiger partial charge is 0.339 e. The Morgan fingerprint density at radius 3 is 2.69 bits per heavy atom. The lowest BCUT2D eigenvalue weighted by Gasteiger charge is -2.27. The topological polar surface area (TPSA) is 20.3 Å². The lowest BCUT2D eigenvalue weighted by Crippen LogP contribution is -2.38. The Labute approximate surface area is 96.3 Å². The van der Waals surface area contributed by atoms with Gasteiger partial charge in [-0.2, -0.15) is 0 Å². The molecule has 2 nitrogen and oxygen atoms in total. The highest BCUT2D eigenvalue weighted by Crippen LogP contribution is 2.38. The van der Waals surface area contributed by atoms with Gasteiger partial charge in [-0.05, 0) is 31.2 Å². The molecule has 1 amide bonds. The Kier molecular flexibility index (Phi) is 2.43. The van der Waals surface area contributed by atoms with E-state index in [1.165, 1.54) is 12.0 Å². The number of fused-ring (bicyclic) bond motifs is 2. The Bertz CT molecular complexity index is 387. The van der Waals surface area contributed by atoms with Crippen LogP contribution in [0.2, 0.25) is 0 Å². The van der Waals surface area contributed by atoms with Gasteiger partial charge in [0.25, 0.3) is 0 Å². The highest BCUT2D eigenvalue weighted by molar-refractivity contribution is 5.82. The Hall–Kier alpha value is -1.31. The van der Waals surface area contributed by atoms with Crippen molar-refractivity contribution in [3.8, 4) is 0 Å². The molecule has 1 aromatic carbocycles. The molecule has 0 spiro atoms. The molecule has 1 aromatic rings. The molecule has 2 unspecified atom stereocenters. The predicted octanol–water partition coefficient (Wildman–Crippen LogP) is 2.24. The van der Waals surface area contributed by atoms with Gasteiger partial charge in [0.1, 0.15) is 0 Å². The van der Waals surface area contributed by atoms with Crippen molar-refractivity contribution in [3.63, 3.8) is 0 Å². The number of amides is 1. The van der Waals surface area contributed by atoms with Crippen molar-refractivity contribution in [1.29, 1.82) is 0 Å². The van der Waals surface area contributed by atoms with E-state index in [-0.39, 0.29) is 0 Å². The smallest absolute Gasteiger partial charge is 0.226 e. The van der Waals surface area contributed by atoms with Gasteiger partial charge in [-0.15, -0.1) is 0 Å². The molecular formula is C14H17NO. The molecule has 2 fully saturated rings. The second kappa shape index (κ2) is 3.93. The molecular weight excluding hydrogens is 198 g/mol. The van der Waals surface area contributed by atoms with Crippen LogP contribution in [0.1, 0.15) is 24.8 Å². The first-order valence-corrected chi connectivity index (χ1v) is 6.19. The van der Waals surface area contributed by atoms with E-state index < -0.39 is 0 Å². The minimum Gasteiger partial charge on any atom is -0.339 e. The van der Waals surface area contributed by atoms with E-state index in [1.54, 1.807) is 0 Å². The van der Waals surface area contributed by atoms with Gasteiger partial charge in [0.05, 0.1) is 0 Å². The van der Waals surface area contributed by atoms with Crippen LogP contribution in [-0.2, 0) is 11.2 Å². The highest BCUT2D eigenvalue weighted by Gasteiger charge is 2.43. The lowest BCUT2D eigenvalue weighted by molar-refractivity contribution is -0.134. The maximum absolute atomic E-state index is 11.9. The second-order valence-electron chi connectivity index (χ2n) is 4.93. The van der Waals surface area contributed by atoms with Crippen LogP contribution in [0.4, 0.5) is 0 Å². The number of rotatable bonds is 3. The molecule has 1 aliphatic heterocycles. The monoisotopic (exact) mass is 215 g/mol. The molecule has 2 aliphatic rings. The summed E-state index contributed by atoms with van der Waals surface area (Å²) in [4.78, 5) is 14.0. The van der Waals surface area contributed by atoms with Crippen molar-refractivity contribution in [2.24, 2.45) is 5.92 Å². The number of likely N-dealkylation sites (tertiary alicyclic amines) is 1. The molecule has 0 radical (unpaired) electrons. The summed E-state index contributed by atoms with van der Waals surface area (Å²) in [5, 5.41) is 0. The van der Waals surface area contributed by atoms with Crippen LogP contribution in [0.15, 0.2) is 30.3 Å². The third-order valence-corrected chi connectivity index (χ3v) is 3.96. The molecule has 2 atom stereocenters. The van der Waals surface area contributed by atoms with Crippen LogP contribution in [-0.4, -0.2) is 23.4 Å². The number of hydrogen-bond donors (Lipinski definition) is 0. The zero-order valence-corrected chi connectivity index (χ0v) is 9.43. The van der Waals surface area contributed by atoms with E-state index in [9.17, 15) is 4.79 Å². The first-order chi connectivity index (χ1) is 7.84. The third-order valence-electron chi connectivity index (χ3n) is 3.96. The minimum absolute atomic E-state index is 0.362. The number of carbonyl (C=O) groups is 1. The molecule has 1 aliphatic carbocycles. The van der Waals surface area contributed by atoms with Crippen molar-refractivity contribution in [3.05, 3.63) is 35.9 Å².